The maximum atomic E-state index is 6.60. The molecule has 0 atom stereocenters. The van der Waals surface area contributed by atoms with E-state index < -0.39 is 0 Å². The second-order valence-corrected chi connectivity index (χ2v) is 18.0. The number of benzene rings is 10. The van der Waals surface area contributed by atoms with Crippen LogP contribution in [0.5, 0.6) is 0 Å². The molecule has 0 N–H and O–H groups in total. The van der Waals surface area contributed by atoms with Gasteiger partial charge in [-0.2, -0.15) is 15.0 Å². The number of hydrogen-bond donors (Lipinski definition) is 0. The van der Waals surface area contributed by atoms with E-state index in [0.29, 0.717) is 17.7 Å². The van der Waals surface area contributed by atoms with Crippen LogP contribution in [-0.2, 0) is 0 Å². The second-order valence-electron chi connectivity index (χ2n) is 18.0. The van der Waals surface area contributed by atoms with Gasteiger partial charge in [0, 0.05) is 54.3 Å². The zero-order chi connectivity index (χ0) is 45.9. The van der Waals surface area contributed by atoms with Crippen LogP contribution in [0.4, 0.5) is 0 Å². The Hall–Kier alpha value is -9.59. The van der Waals surface area contributed by atoms with E-state index in [1.807, 2.05) is 18.2 Å². The largest absolute Gasteiger partial charge is 0.456 e. The van der Waals surface area contributed by atoms with Gasteiger partial charge in [0.05, 0.1) is 33.1 Å². The molecule has 0 saturated carbocycles. The van der Waals surface area contributed by atoms with Gasteiger partial charge in [-0.3, -0.25) is 9.13 Å². The van der Waals surface area contributed by atoms with Gasteiger partial charge in [-0.25, -0.2) is 0 Å². The average molecular weight is 895 g/mol. The molecule has 10 aromatic carbocycles. The first-order valence-corrected chi connectivity index (χ1v) is 23.6. The highest BCUT2D eigenvalue weighted by Crippen LogP contribution is 2.42. The van der Waals surface area contributed by atoms with E-state index in [4.69, 9.17) is 19.4 Å². The minimum Gasteiger partial charge on any atom is -0.456 e. The van der Waals surface area contributed by atoms with E-state index in [2.05, 4.69) is 226 Å². The fraction of sp³-hybridized carbons (Fsp3) is 0. The SMILES string of the molecule is c1ccc(-c2nc(-n3c4ccccc4c4ccccc43)nc(-n3c4ccccc4c4cc(-c5ccc6oc7cccc(-c8ccc9c(c8)c8ccccc8n9-c8ccccc8)c7c6c5)ccc43)n2)cc1. The lowest BCUT2D eigenvalue weighted by atomic mass is 9.96. The Balaban J connectivity index is 0.894. The van der Waals surface area contributed by atoms with Gasteiger partial charge in [-0.1, -0.05) is 152 Å². The number of nitrogens with zero attached hydrogens (tertiary/aromatic N) is 6. The Morgan fingerprint density at radius 1 is 0.286 bits per heavy atom. The Kier molecular flexibility index (Phi) is 8.23. The molecule has 0 aliphatic rings. The standard InChI is InChI=1S/C63H38N6O/c1-3-16-39(17-4-1)61-64-62(68-53-26-12-7-20-45(53)46-21-8-13-27-54(46)68)66-63(65-61)69-55-28-14-10-23-48(55)49-36-40(30-33-57(49)69)41-32-35-58-51(37-41)60-44(24-15-29-59(60)70-58)42-31-34-56-50(38-42)47-22-9-11-25-52(47)67(56)43-18-5-2-6-19-43/h1-38H. The summed E-state index contributed by atoms with van der Waals surface area (Å²) in [5, 5.41) is 9.13. The van der Waals surface area contributed by atoms with Gasteiger partial charge in [0.25, 0.3) is 0 Å². The van der Waals surface area contributed by atoms with Crippen LogP contribution in [0, 0.1) is 0 Å². The zero-order valence-electron chi connectivity index (χ0n) is 37.5. The minimum atomic E-state index is 0.547. The van der Waals surface area contributed by atoms with Crippen LogP contribution in [-0.4, -0.2) is 28.7 Å². The van der Waals surface area contributed by atoms with Gasteiger partial charge >= 0.3 is 0 Å². The van der Waals surface area contributed by atoms with Crippen LogP contribution >= 0.6 is 0 Å². The zero-order valence-corrected chi connectivity index (χ0v) is 37.5. The van der Waals surface area contributed by atoms with Gasteiger partial charge < -0.3 is 8.98 Å². The molecule has 15 rings (SSSR count). The summed E-state index contributed by atoms with van der Waals surface area (Å²) >= 11 is 0. The predicted octanol–water partition coefficient (Wildman–Crippen LogP) is 16.1. The van der Waals surface area contributed by atoms with E-state index in [9.17, 15) is 0 Å². The number of rotatable bonds is 6. The molecule has 7 nitrogen and oxygen atoms in total. The van der Waals surface area contributed by atoms with E-state index in [1.165, 1.54) is 21.8 Å². The van der Waals surface area contributed by atoms with Gasteiger partial charge in [0.2, 0.25) is 11.9 Å². The molecule has 0 amide bonds. The fourth-order valence-corrected chi connectivity index (χ4v) is 11.0. The van der Waals surface area contributed by atoms with Crippen LogP contribution in [0.25, 0.3) is 139 Å². The van der Waals surface area contributed by atoms with E-state index in [0.717, 1.165) is 99.1 Å². The second kappa shape index (κ2) is 15.0. The van der Waals surface area contributed by atoms with Gasteiger partial charge in [-0.05, 0) is 101 Å². The molecule has 7 heteroatoms. The highest BCUT2D eigenvalue weighted by Gasteiger charge is 2.22. The first-order valence-electron chi connectivity index (χ1n) is 23.6. The molecule has 0 bridgehead atoms. The van der Waals surface area contributed by atoms with Crippen LogP contribution in [0.1, 0.15) is 0 Å². The van der Waals surface area contributed by atoms with E-state index >= 15 is 0 Å². The van der Waals surface area contributed by atoms with Crippen LogP contribution < -0.4 is 0 Å². The summed E-state index contributed by atoms with van der Waals surface area (Å²) in [6.45, 7) is 0. The summed E-state index contributed by atoms with van der Waals surface area (Å²) in [7, 11) is 0. The van der Waals surface area contributed by atoms with Crippen molar-refractivity contribution in [3.63, 3.8) is 0 Å². The van der Waals surface area contributed by atoms with E-state index in [1.54, 1.807) is 0 Å². The summed E-state index contributed by atoms with van der Waals surface area (Å²) in [5.74, 6) is 1.71. The Morgan fingerprint density at radius 3 is 1.36 bits per heavy atom. The normalized spacial score (nSPS) is 12.0. The molecule has 5 heterocycles. The van der Waals surface area contributed by atoms with Crippen molar-refractivity contribution in [2.75, 3.05) is 0 Å². The molecule has 15 aromatic rings. The molecule has 70 heavy (non-hydrogen) atoms. The Bertz CT molecular complexity index is 4540. The molecule has 0 radical (unpaired) electrons. The molecule has 0 aliphatic carbocycles. The molecule has 326 valence electrons. The molecule has 0 saturated heterocycles. The van der Waals surface area contributed by atoms with Crippen LogP contribution in [0.15, 0.2) is 235 Å². The smallest absolute Gasteiger partial charge is 0.240 e. The Morgan fingerprint density at radius 2 is 0.743 bits per heavy atom. The quantitative estimate of drug-likeness (QED) is 0.167. The first-order chi connectivity index (χ1) is 34.7. The summed E-state index contributed by atoms with van der Waals surface area (Å²) in [4.78, 5) is 15.8. The van der Waals surface area contributed by atoms with E-state index in [-0.39, 0.29) is 0 Å². The maximum Gasteiger partial charge on any atom is 0.240 e. The van der Waals surface area contributed by atoms with Crippen LogP contribution in [0.2, 0.25) is 0 Å². The first kappa shape index (κ1) is 38.5. The molecule has 0 spiro atoms. The van der Waals surface area contributed by atoms with Crippen molar-refractivity contribution in [3.05, 3.63) is 231 Å². The number of aromatic nitrogens is 6. The third-order valence-corrected chi connectivity index (χ3v) is 14.1. The van der Waals surface area contributed by atoms with Crippen molar-refractivity contribution >= 4 is 87.4 Å². The topological polar surface area (TPSA) is 66.6 Å². The van der Waals surface area contributed by atoms with Crippen LogP contribution in [0.3, 0.4) is 0 Å². The lowest BCUT2D eigenvalue weighted by Crippen LogP contribution is -2.10. The van der Waals surface area contributed by atoms with Gasteiger partial charge in [0.15, 0.2) is 5.82 Å². The molecule has 0 fully saturated rings. The van der Waals surface area contributed by atoms with Crippen molar-refractivity contribution in [3.8, 4) is 51.2 Å². The Labute approximate surface area is 400 Å². The summed E-state index contributed by atoms with van der Waals surface area (Å²) in [6.07, 6.45) is 0. The lowest BCUT2D eigenvalue weighted by molar-refractivity contribution is 0.669. The van der Waals surface area contributed by atoms with Crippen molar-refractivity contribution in [1.82, 2.24) is 28.7 Å². The third-order valence-electron chi connectivity index (χ3n) is 14.1. The molecule has 0 unspecified atom stereocenters. The van der Waals surface area contributed by atoms with Crippen molar-refractivity contribution in [2.45, 2.75) is 0 Å². The number of fused-ring (bicyclic) bond motifs is 12. The van der Waals surface area contributed by atoms with Crippen molar-refractivity contribution in [1.29, 1.82) is 0 Å². The summed E-state index contributed by atoms with van der Waals surface area (Å²) < 4.78 is 13.3. The lowest BCUT2D eigenvalue weighted by Gasteiger charge is -2.12. The summed E-state index contributed by atoms with van der Waals surface area (Å²) in [6, 6.07) is 81.5. The van der Waals surface area contributed by atoms with Crippen molar-refractivity contribution in [2.24, 2.45) is 0 Å². The molecular formula is C63H38N6O. The highest BCUT2D eigenvalue weighted by molar-refractivity contribution is 6.16. The molecular weight excluding hydrogens is 857 g/mol. The highest BCUT2D eigenvalue weighted by atomic mass is 16.3. The van der Waals surface area contributed by atoms with Gasteiger partial charge in [0.1, 0.15) is 11.2 Å². The average Bonchev–Trinajstić information content (AvgIpc) is 4.17. The van der Waals surface area contributed by atoms with Crippen molar-refractivity contribution < 1.29 is 4.42 Å². The molecule has 5 aromatic heterocycles. The monoisotopic (exact) mass is 894 g/mol. The third kappa shape index (κ3) is 5.72. The number of furan rings is 1. The number of hydrogen-bond acceptors (Lipinski definition) is 4. The summed E-state index contributed by atoms with van der Waals surface area (Å²) in [5.41, 5.74) is 14.7. The van der Waals surface area contributed by atoms with Gasteiger partial charge in [-0.15, -0.1) is 0 Å². The maximum absolute atomic E-state index is 6.60. The fourth-order valence-electron chi connectivity index (χ4n) is 11.0. The predicted molar refractivity (Wildman–Crippen MR) is 286 cm³/mol. The minimum absolute atomic E-state index is 0.547. The number of para-hydroxylation sites is 5. The molecule has 0 aliphatic heterocycles.